The summed E-state index contributed by atoms with van der Waals surface area (Å²) in [6, 6.07) is 4.52. The van der Waals surface area contributed by atoms with Gasteiger partial charge in [0, 0.05) is 12.1 Å². The Bertz CT molecular complexity index is 1060. The van der Waals surface area contributed by atoms with Crippen molar-refractivity contribution in [2.45, 2.75) is 79.6 Å². The molecular weight excluding hydrogens is 410 g/mol. The Balaban J connectivity index is 2.10. The van der Waals surface area contributed by atoms with Gasteiger partial charge in [0.1, 0.15) is 17.8 Å². The molecule has 0 aliphatic carbocycles. The highest BCUT2D eigenvalue weighted by Crippen LogP contribution is 2.23. The molecule has 0 aromatic carbocycles. The van der Waals surface area contributed by atoms with Crippen LogP contribution in [0.15, 0.2) is 28.1 Å². The largest absolute Gasteiger partial charge is 0.540 e. The SMILES string of the molecule is CC(C)N1N=C(c2cccc(-c3nn(C(C)C)c(=O)[n+](C(C)C)n3)n2)[N-]N(C(C)C)C1=O. The number of carbonyl (C=O) groups excluding carboxylic acids is 1. The second-order valence-electron chi connectivity index (χ2n) is 8.77. The van der Waals surface area contributed by atoms with E-state index in [1.807, 2.05) is 55.4 Å². The minimum Gasteiger partial charge on any atom is -0.367 e. The van der Waals surface area contributed by atoms with Gasteiger partial charge in [0.15, 0.2) is 0 Å². The molecule has 32 heavy (non-hydrogen) atoms. The Labute approximate surface area is 187 Å². The van der Waals surface area contributed by atoms with Crippen molar-refractivity contribution in [1.82, 2.24) is 29.9 Å². The fourth-order valence-corrected chi connectivity index (χ4v) is 3.06. The average Bonchev–Trinajstić information content (AvgIpc) is 2.73. The summed E-state index contributed by atoms with van der Waals surface area (Å²) in [4.78, 5) is 30.0. The van der Waals surface area contributed by atoms with Gasteiger partial charge in [-0.05, 0) is 73.4 Å². The molecule has 3 rings (SSSR count). The van der Waals surface area contributed by atoms with Crippen molar-refractivity contribution in [3.8, 4) is 11.5 Å². The molecule has 0 atom stereocenters. The van der Waals surface area contributed by atoms with Crippen molar-refractivity contribution in [3.63, 3.8) is 0 Å². The molecule has 2 amide bonds. The van der Waals surface area contributed by atoms with E-state index in [0.717, 1.165) is 0 Å². The van der Waals surface area contributed by atoms with Crippen LogP contribution in [0.25, 0.3) is 16.9 Å². The van der Waals surface area contributed by atoms with Crippen molar-refractivity contribution < 1.29 is 9.48 Å². The first-order chi connectivity index (χ1) is 15.0. The molecule has 0 spiro atoms. The van der Waals surface area contributed by atoms with Gasteiger partial charge in [0.05, 0.1) is 5.69 Å². The molecule has 0 saturated heterocycles. The van der Waals surface area contributed by atoms with E-state index >= 15 is 0 Å². The summed E-state index contributed by atoms with van der Waals surface area (Å²) >= 11 is 0. The summed E-state index contributed by atoms with van der Waals surface area (Å²) in [6.45, 7) is 15.1. The molecule has 3 heterocycles. The molecule has 172 valence electrons. The van der Waals surface area contributed by atoms with Gasteiger partial charge < -0.3 is 20.5 Å². The monoisotopic (exact) mass is 441 g/mol. The van der Waals surface area contributed by atoms with E-state index in [1.54, 1.807) is 18.2 Å². The number of hydrazone groups is 1. The fourth-order valence-electron chi connectivity index (χ4n) is 3.06. The molecule has 0 saturated carbocycles. The van der Waals surface area contributed by atoms with Gasteiger partial charge in [-0.1, -0.05) is 25.6 Å². The van der Waals surface area contributed by atoms with Crippen LogP contribution in [0.5, 0.6) is 0 Å². The maximum Gasteiger partial charge on any atom is 0.540 e. The van der Waals surface area contributed by atoms with E-state index in [2.05, 4.69) is 25.7 Å². The lowest BCUT2D eigenvalue weighted by molar-refractivity contribution is -0.788. The zero-order valence-corrected chi connectivity index (χ0v) is 19.9. The first kappa shape index (κ1) is 23.3. The Morgan fingerprint density at radius 1 is 0.906 bits per heavy atom. The van der Waals surface area contributed by atoms with Crippen molar-refractivity contribution in [2.24, 2.45) is 5.10 Å². The number of pyridine rings is 1. The van der Waals surface area contributed by atoms with Gasteiger partial charge in [0.25, 0.3) is 5.82 Å². The van der Waals surface area contributed by atoms with Gasteiger partial charge in [-0.2, -0.15) is 4.79 Å². The molecule has 1 aliphatic rings. The Morgan fingerprint density at radius 3 is 2.12 bits per heavy atom. The topological polar surface area (TPSA) is 115 Å². The highest BCUT2D eigenvalue weighted by molar-refractivity contribution is 6.09. The number of hydrogen-bond acceptors (Lipinski definition) is 6. The van der Waals surface area contributed by atoms with Crippen LogP contribution in [-0.2, 0) is 0 Å². The molecular formula is C21H31N9O2. The Kier molecular flexibility index (Phi) is 6.56. The van der Waals surface area contributed by atoms with Gasteiger partial charge in [-0.3, -0.25) is 0 Å². The lowest BCUT2D eigenvalue weighted by Crippen LogP contribution is -2.59. The van der Waals surface area contributed by atoms with E-state index in [9.17, 15) is 9.59 Å². The van der Waals surface area contributed by atoms with Crippen molar-refractivity contribution in [1.29, 1.82) is 0 Å². The average molecular weight is 442 g/mol. The minimum atomic E-state index is -0.278. The summed E-state index contributed by atoms with van der Waals surface area (Å²) in [5, 5.41) is 16.1. The standard InChI is InChI=1S/C21H31N9O2/c1-12(2)27-20(31)28(13(3)4)24-18(23-27)16-10-9-11-17(22-16)19-25-29(14(5)6)21(32)30(26-19)15(7)8/h9-15H,1-8H3. The number of hydrogen-bond donors (Lipinski definition) is 0. The minimum absolute atomic E-state index is 0.139. The fraction of sp³-hybridized carbons (Fsp3) is 0.571. The number of amides is 2. The molecule has 1 aliphatic heterocycles. The van der Waals surface area contributed by atoms with Gasteiger partial charge in [0.2, 0.25) is 0 Å². The second-order valence-corrected chi connectivity index (χ2v) is 8.77. The number of aromatic nitrogens is 5. The predicted molar refractivity (Wildman–Crippen MR) is 120 cm³/mol. The van der Waals surface area contributed by atoms with E-state index in [-0.39, 0.29) is 35.9 Å². The molecule has 0 N–H and O–H groups in total. The lowest BCUT2D eigenvalue weighted by Gasteiger charge is -2.45. The molecule has 2 aromatic heterocycles. The van der Waals surface area contributed by atoms with Gasteiger partial charge >= 0.3 is 11.7 Å². The maximum absolute atomic E-state index is 12.7. The highest BCUT2D eigenvalue weighted by Gasteiger charge is 2.26. The molecule has 0 bridgehead atoms. The van der Waals surface area contributed by atoms with Crippen molar-refractivity contribution in [2.75, 3.05) is 0 Å². The van der Waals surface area contributed by atoms with E-state index in [4.69, 9.17) is 0 Å². The van der Waals surface area contributed by atoms with Crippen LogP contribution in [0.1, 0.15) is 73.2 Å². The number of amidine groups is 1. The Morgan fingerprint density at radius 2 is 1.56 bits per heavy atom. The first-order valence-electron chi connectivity index (χ1n) is 10.8. The van der Waals surface area contributed by atoms with Crippen LogP contribution in [0, 0.1) is 0 Å². The molecule has 0 fully saturated rings. The summed E-state index contributed by atoms with van der Waals surface area (Å²) in [7, 11) is 0. The molecule has 11 heteroatoms. The summed E-state index contributed by atoms with van der Waals surface area (Å²) in [5.74, 6) is 0.644. The maximum atomic E-state index is 12.7. The number of nitrogens with zero attached hydrogens (tertiary/aromatic N) is 9. The third-order valence-electron chi connectivity index (χ3n) is 4.76. The zero-order chi connectivity index (χ0) is 23.7. The summed E-state index contributed by atoms with van der Waals surface area (Å²) in [6.07, 6.45) is 0. The molecule has 0 unspecified atom stereocenters. The first-order valence-corrected chi connectivity index (χ1v) is 10.8. The Hall–Kier alpha value is -3.37. The van der Waals surface area contributed by atoms with Crippen LogP contribution >= 0.6 is 0 Å². The number of rotatable bonds is 6. The third-order valence-corrected chi connectivity index (χ3v) is 4.76. The molecule has 2 aromatic rings. The van der Waals surface area contributed by atoms with E-state index in [0.29, 0.717) is 23.0 Å². The van der Waals surface area contributed by atoms with Crippen LogP contribution in [0.3, 0.4) is 0 Å². The zero-order valence-electron chi connectivity index (χ0n) is 19.9. The van der Waals surface area contributed by atoms with Crippen LogP contribution < -0.4 is 10.4 Å². The predicted octanol–water partition coefficient (Wildman–Crippen LogP) is 2.65. The van der Waals surface area contributed by atoms with Crippen molar-refractivity contribution in [3.05, 3.63) is 39.8 Å². The number of urea groups is 1. The second kappa shape index (κ2) is 9.01. The molecule has 11 nitrogen and oxygen atoms in total. The third kappa shape index (κ3) is 4.46. The molecule has 0 radical (unpaired) electrons. The van der Waals surface area contributed by atoms with Crippen LogP contribution in [0.2, 0.25) is 0 Å². The summed E-state index contributed by atoms with van der Waals surface area (Å²) < 4.78 is 2.80. The van der Waals surface area contributed by atoms with E-state index in [1.165, 1.54) is 19.4 Å². The van der Waals surface area contributed by atoms with Crippen molar-refractivity contribution >= 4 is 11.9 Å². The van der Waals surface area contributed by atoms with Crippen LogP contribution in [0.4, 0.5) is 4.79 Å². The quantitative estimate of drug-likeness (QED) is 0.639. The highest BCUT2D eigenvalue weighted by atomic mass is 16.2. The van der Waals surface area contributed by atoms with Gasteiger partial charge in [-0.25, -0.2) is 9.78 Å². The lowest BCUT2D eigenvalue weighted by atomic mass is 10.2. The smallest absolute Gasteiger partial charge is 0.367 e. The van der Waals surface area contributed by atoms with Crippen LogP contribution in [-0.4, -0.2) is 53.8 Å². The summed E-state index contributed by atoms with van der Waals surface area (Å²) in [5.41, 5.74) is 5.12. The normalized spacial score (nSPS) is 14.6. The van der Waals surface area contributed by atoms with E-state index < -0.39 is 0 Å². The van der Waals surface area contributed by atoms with Gasteiger partial charge in [-0.15, -0.1) is 0 Å². The number of carbonyl (C=O) groups is 1.